The van der Waals surface area contributed by atoms with Crippen LogP contribution < -0.4 is 16.6 Å². The number of anilines is 1. The first-order chi connectivity index (χ1) is 10.1. The summed E-state index contributed by atoms with van der Waals surface area (Å²) in [5, 5.41) is 3.28. The largest absolute Gasteiger partial charge is 0.352 e. The lowest BCUT2D eigenvalue weighted by atomic mass is 9.81. The van der Waals surface area contributed by atoms with Gasteiger partial charge in [0, 0.05) is 12.7 Å². The maximum Gasteiger partial charge on any atom is 0.252 e. The lowest BCUT2D eigenvalue weighted by molar-refractivity contribution is 0.0949. The van der Waals surface area contributed by atoms with Gasteiger partial charge in [0.2, 0.25) is 0 Å². The minimum absolute atomic E-state index is 0.142. The van der Waals surface area contributed by atoms with E-state index in [2.05, 4.69) is 22.7 Å². The Morgan fingerprint density at radius 2 is 2.33 bits per heavy atom. The van der Waals surface area contributed by atoms with Crippen molar-refractivity contribution in [3.05, 3.63) is 22.8 Å². The summed E-state index contributed by atoms with van der Waals surface area (Å²) in [4.78, 5) is 16.0. The second-order valence-corrected chi connectivity index (χ2v) is 6.29. The molecule has 2 atom stereocenters. The normalized spacial score (nSPS) is 21.9. The number of carbonyl (C=O) groups is 1. The number of nitrogens with one attached hydrogen (secondary N) is 2. The van der Waals surface area contributed by atoms with E-state index in [1.165, 1.54) is 31.9 Å². The SMILES string of the molecule is CC1CCCC(CCNC(=O)c2cnc(NN)c(Cl)c2)C1. The molecule has 0 radical (unpaired) electrons. The molecule has 5 nitrogen and oxygen atoms in total. The molecule has 116 valence electrons. The molecular formula is C15H23ClN4O. The second kappa shape index (κ2) is 7.61. The molecule has 0 spiro atoms. The number of halogens is 1. The number of nitrogens with zero attached hydrogens (tertiary/aromatic N) is 1. The van der Waals surface area contributed by atoms with Crippen molar-refractivity contribution in [3.63, 3.8) is 0 Å². The van der Waals surface area contributed by atoms with E-state index in [1.54, 1.807) is 6.07 Å². The van der Waals surface area contributed by atoms with Gasteiger partial charge in [-0.1, -0.05) is 37.8 Å². The van der Waals surface area contributed by atoms with Crippen LogP contribution in [-0.4, -0.2) is 17.4 Å². The number of rotatable bonds is 5. The van der Waals surface area contributed by atoms with Crippen LogP contribution in [0.15, 0.2) is 12.3 Å². The van der Waals surface area contributed by atoms with E-state index in [1.807, 2.05) is 0 Å². The molecule has 0 bridgehead atoms. The first-order valence-electron chi connectivity index (χ1n) is 7.50. The Labute approximate surface area is 130 Å². The van der Waals surface area contributed by atoms with Gasteiger partial charge in [-0.25, -0.2) is 10.8 Å². The number of hydrazine groups is 1. The van der Waals surface area contributed by atoms with Gasteiger partial charge < -0.3 is 10.7 Å². The molecule has 1 saturated carbocycles. The summed E-state index contributed by atoms with van der Waals surface area (Å²) < 4.78 is 0. The third-order valence-electron chi connectivity index (χ3n) is 4.12. The molecule has 4 N–H and O–H groups in total. The van der Waals surface area contributed by atoms with Gasteiger partial charge in [0.05, 0.1) is 10.6 Å². The van der Waals surface area contributed by atoms with Crippen molar-refractivity contribution in [1.82, 2.24) is 10.3 Å². The number of nitrogen functional groups attached to an aromatic ring is 1. The Balaban J connectivity index is 1.80. The molecule has 0 saturated heterocycles. The molecule has 1 aromatic heterocycles. The Hall–Kier alpha value is -1.33. The molecule has 1 aliphatic carbocycles. The molecule has 1 heterocycles. The Kier molecular flexibility index (Phi) is 5.82. The maximum absolute atomic E-state index is 12.0. The summed E-state index contributed by atoms with van der Waals surface area (Å²) >= 11 is 5.96. The van der Waals surface area contributed by atoms with Crippen LogP contribution in [-0.2, 0) is 0 Å². The summed E-state index contributed by atoms with van der Waals surface area (Å²) in [5.74, 6) is 7.03. The van der Waals surface area contributed by atoms with E-state index in [4.69, 9.17) is 17.4 Å². The van der Waals surface area contributed by atoms with Crippen molar-refractivity contribution in [2.24, 2.45) is 17.7 Å². The average molecular weight is 311 g/mol. The monoisotopic (exact) mass is 310 g/mol. The highest BCUT2D eigenvalue weighted by atomic mass is 35.5. The van der Waals surface area contributed by atoms with E-state index >= 15 is 0 Å². The standard InChI is InChI=1S/C15H23ClN4O/c1-10-3-2-4-11(7-10)5-6-18-15(21)12-8-13(16)14(20-17)19-9-12/h8-11H,2-7,17H2,1H3,(H,18,21)(H,19,20). The van der Waals surface area contributed by atoms with Crippen molar-refractivity contribution in [1.29, 1.82) is 0 Å². The van der Waals surface area contributed by atoms with Crippen molar-refractivity contribution in [2.45, 2.75) is 39.0 Å². The van der Waals surface area contributed by atoms with Crippen molar-refractivity contribution >= 4 is 23.3 Å². The van der Waals surface area contributed by atoms with Crippen LogP contribution in [0.3, 0.4) is 0 Å². The van der Waals surface area contributed by atoms with E-state index in [0.717, 1.165) is 18.3 Å². The Morgan fingerprint density at radius 1 is 1.52 bits per heavy atom. The first-order valence-corrected chi connectivity index (χ1v) is 7.88. The van der Waals surface area contributed by atoms with E-state index in [9.17, 15) is 4.79 Å². The molecule has 0 aliphatic heterocycles. The van der Waals surface area contributed by atoms with Gasteiger partial charge in [-0.3, -0.25) is 4.79 Å². The van der Waals surface area contributed by atoms with Gasteiger partial charge in [-0.15, -0.1) is 0 Å². The summed E-state index contributed by atoms with van der Waals surface area (Å²) in [6.07, 6.45) is 7.73. The van der Waals surface area contributed by atoms with Crippen molar-refractivity contribution < 1.29 is 4.79 Å². The maximum atomic E-state index is 12.0. The third kappa shape index (κ3) is 4.58. The van der Waals surface area contributed by atoms with Crippen LogP contribution in [0.5, 0.6) is 0 Å². The van der Waals surface area contributed by atoms with Crippen LogP contribution in [0.1, 0.15) is 49.4 Å². The minimum atomic E-state index is -0.142. The summed E-state index contributed by atoms with van der Waals surface area (Å²) in [5.41, 5.74) is 2.83. The van der Waals surface area contributed by atoms with Gasteiger partial charge in [0.1, 0.15) is 0 Å². The number of hydrogen-bond donors (Lipinski definition) is 3. The predicted molar refractivity (Wildman–Crippen MR) is 85.1 cm³/mol. The van der Waals surface area contributed by atoms with E-state index < -0.39 is 0 Å². The average Bonchev–Trinajstić information content (AvgIpc) is 2.47. The molecule has 2 unspecified atom stereocenters. The fraction of sp³-hybridized carbons (Fsp3) is 0.600. The molecule has 1 aromatic rings. The number of pyridine rings is 1. The highest BCUT2D eigenvalue weighted by Gasteiger charge is 2.18. The quantitative estimate of drug-likeness (QED) is 0.577. The van der Waals surface area contributed by atoms with Gasteiger partial charge in [0.25, 0.3) is 5.91 Å². The lowest BCUT2D eigenvalue weighted by Gasteiger charge is -2.26. The van der Waals surface area contributed by atoms with Crippen molar-refractivity contribution in [3.8, 4) is 0 Å². The summed E-state index contributed by atoms with van der Waals surface area (Å²) in [7, 11) is 0. The van der Waals surface area contributed by atoms with Gasteiger partial charge in [0.15, 0.2) is 5.82 Å². The molecule has 0 aromatic carbocycles. The fourth-order valence-corrected chi connectivity index (χ4v) is 3.20. The van der Waals surface area contributed by atoms with Gasteiger partial charge >= 0.3 is 0 Å². The fourth-order valence-electron chi connectivity index (χ4n) is 2.98. The van der Waals surface area contributed by atoms with Gasteiger partial charge in [-0.2, -0.15) is 0 Å². The molecule has 2 rings (SSSR count). The van der Waals surface area contributed by atoms with Gasteiger partial charge in [-0.05, 0) is 30.7 Å². The van der Waals surface area contributed by atoms with E-state index in [0.29, 0.717) is 22.9 Å². The van der Waals surface area contributed by atoms with E-state index in [-0.39, 0.29) is 5.91 Å². The highest BCUT2D eigenvalue weighted by Crippen LogP contribution is 2.30. The number of nitrogens with two attached hydrogens (primary N) is 1. The van der Waals surface area contributed by atoms with Crippen molar-refractivity contribution in [2.75, 3.05) is 12.0 Å². The van der Waals surface area contributed by atoms with Crippen LogP contribution in [0.2, 0.25) is 5.02 Å². The van der Waals surface area contributed by atoms with Crippen LogP contribution >= 0.6 is 11.6 Å². The predicted octanol–water partition coefficient (Wildman–Crippen LogP) is 2.97. The zero-order valence-corrected chi connectivity index (χ0v) is 13.1. The van der Waals surface area contributed by atoms with Crippen LogP contribution in [0.4, 0.5) is 5.82 Å². The molecule has 1 aliphatic rings. The number of amides is 1. The Bertz CT molecular complexity index is 495. The molecule has 1 fully saturated rings. The molecule has 21 heavy (non-hydrogen) atoms. The highest BCUT2D eigenvalue weighted by molar-refractivity contribution is 6.33. The van der Waals surface area contributed by atoms with Crippen LogP contribution in [0, 0.1) is 11.8 Å². The topological polar surface area (TPSA) is 80.0 Å². The second-order valence-electron chi connectivity index (χ2n) is 5.88. The Morgan fingerprint density at radius 3 is 3.00 bits per heavy atom. The molecular weight excluding hydrogens is 288 g/mol. The zero-order valence-electron chi connectivity index (χ0n) is 12.4. The molecule has 1 amide bonds. The third-order valence-corrected chi connectivity index (χ3v) is 4.41. The van der Waals surface area contributed by atoms with Crippen LogP contribution in [0.25, 0.3) is 0 Å². The summed E-state index contributed by atoms with van der Waals surface area (Å²) in [6.45, 7) is 3.01. The minimum Gasteiger partial charge on any atom is -0.352 e. The number of carbonyl (C=O) groups excluding carboxylic acids is 1. The molecule has 6 heteroatoms. The number of hydrogen-bond acceptors (Lipinski definition) is 4. The summed E-state index contributed by atoms with van der Waals surface area (Å²) in [6, 6.07) is 1.57. The number of aromatic nitrogens is 1. The smallest absolute Gasteiger partial charge is 0.252 e. The zero-order chi connectivity index (χ0) is 15.2. The lowest BCUT2D eigenvalue weighted by Crippen LogP contribution is -2.27. The first kappa shape index (κ1) is 16.0.